The van der Waals surface area contributed by atoms with Crippen molar-refractivity contribution in [1.29, 1.82) is 0 Å². The average molecular weight is 704 g/mol. The molecule has 3 heterocycles. The smallest absolute Gasteiger partial charge is 0.342 e. The number of aromatic nitrogens is 5. The molecule has 5 rings (SSSR count). The summed E-state index contributed by atoms with van der Waals surface area (Å²) in [6, 6.07) is 13.2. The minimum atomic E-state index is -3.75. The summed E-state index contributed by atoms with van der Waals surface area (Å²) in [5, 5.41) is 34.1. The molecule has 0 radical (unpaired) electrons. The molecule has 6 N–H and O–H groups in total. The van der Waals surface area contributed by atoms with E-state index in [-0.39, 0.29) is 39.3 Å². The molecule has 18 heteroatoms. The number of aliphatic hydroxyl groups is 2. The zero-order chi connectivity index (χ0) is 33.9. The van der Waals surface area contributed by atoms with Gasteiger partial charge in [-0.25, -0.2) is 27.9 Å². The van der Waals surface area contributed by atoms with Crippen LogP contribution in [-0.2, 0) is 36.3 Å². The first-order valence-electron chi connectivity index (χ1n) is 13.8. The fourth-order valence-corrected chi connectivity index (χ4v) is 6.74. The number of aliphatic carboxylic acids is 1. The van der Waals surface area contributed by atoms with Gasteiger partial charge >= 0.3 is 5.97 Å². The number of anilines is 1. The first-order valence-corrected chi connectivity index (χ1v) is 16.6. The van der Waals surface area contributed by atoms with Crippen molar-refractivity contribution in [3.63, 3.8) is 0 Å². The summed E-state index contributed by atoms with van der Waals surface area (Å²) < 4.78 is 40.1. The lowest BCUT2D eigenvalue weighted by molar-refractivity contribution is -0.183. The molecule has 0 bridgehead atoms. The third-order valence-corrected chi connectivity index (χ3v) is 9.77. The van der Waals surface area contributed by atoms with Gasteiger partial charge in [0, 0.05) is 24.5 Å². The molecule has 1 unspecified atom stereocenters. The molecule has 0 aliphatic rings. The van der Waals surface area contributed by atoms with E-state index in [1.807, 2.05) is 0 Å². The van der Waals surface area contributed by atoms with Gasteiger partial charge in [-0.2, -0.15) is 9.97 Å². The van der Waals surface area contributed by atoms with E-state index in [1.54, 1.807) is 47.8 Å². The molecule has 3 aromatic heterocycles. The summed E-state index contributed by atoms with van der Waals surface area (Å²) in [7, 11) is -1.15. The Bertz CT molecular complexity index is 1980. The van der Waals surface area contributed by atoms with Crippen LogP contribution in [0.2, 0.25) is 5.28 Å². The molecule has 0 saturated heterocycles. The second-order valence-corrected chi connectivity index (χ2v) is 13.2. The topological polar surface area (TPSA) is 225 Å². The first kappa shape index (κ1) is 34.3. The molecule has 0 saturated carbocycles. The Balaban J connectivity index is 1.42. The van der Waals surface area contributed by atoms with Gasteiger partial charge in [0.1, 0.15) is 17.7 Å². The predicted octanol–water partition coefficient (Wildman–Crippen LogP) is 2.20. The molecule has 4 atom stereocenters. The van der Waals surface area contributed by atoms with Crippen LogP contribution in [0.15, 0.2) is 70.6 Å². The fourth-order valence-electron chi connectivity index (χ4n) is 5.00. The summed E-state index contributed by atoms with van der Waals surface area (Å²) in [4.78, 5) is 29.2. The number of nitrogens with one attached hydrogen (secondary N) is 1. The van der Waals surface area contributed by atoms with Gasteiger partial charge in [-0.15, -0.1) is 11.3 Å². The van der Waals surface area contributed by atoms with Crippen molar-refractivity contribution in [1.82, 2.24) is 29.2 Å². The number of imidazole rings is 1. The Kier molecular flexibility index (Phi) is 10.2. The van der Waals surface area contributed by atoms with E-state index in [1.165, 1.54) is 43.4 Å². The van der Waals surface area contributed by atoms with Gasteiger partial charge in [0.15, 0.2) is 17.7 Å². The van der Waals surface area contributed by atoms with E-state index >= 15 is 0 Å². The normalized spacial score (nSPS) is 15.3. The molecule has 5 aromatic rings. The number of rotatable bonds is 14. The Morgan fingerprint density at radius 3 is 2.51 bits per heavy atom. The van der Waals surface area contributed by atoms with Crippen LogP contribution in [-0.4, -0.2) is 87.2 Å². The third-order valence-electron chi connectivity index (χ3n) is 7.54. The van der Waals surface area contributed by atoms with Crippen molar-refractivity contribution in [3.05, 3.63) is 82.3 Å². The number of sulfonamides is 1. The largest absolute Gasteiger partial charge is 0.479 e. The molecule has 0 fully saturated rings. The van der Waals surface area contributed by atoms with E-state index < -0.39 is 46.6 Å². The van der Waals surface area contributed by atoms with Crippen molar-refractivity contribution in [2.45, 2.75) is 35.4 Å². The van der Waals surface area contributed by atoms with Crippen LogP contribution in [0.5, 0.6) is 0 Å². The van der Waals surface area contributed by atoms with Crippen LogP contribution in [0, 0.1) is 0 Å². The predicted molar refractivity (Wildman–Crippen MR) is 172 cm³/mol. The maximum Gasteiger partial charge on any atom is 0.342 e. The van der Waals surface area contributed by atoms with Gasteiger partial charge in [-0.3, -0.25) is 4.57 Å². The highest BCUT2D eigenvalue weighted by atomic mass is 35.5. The average Bonchev–Trinajstić information content (AvgIpc) is 3.76. The fraction of sp³-hybridized carbons (Fsp3) is 0.276. The Hall–Kier alpha value is -4.07. The molecule has 47 heavy (non-hydrogen) atoms. The van der Waals surface area contributed by atoms with Crippen LogP contribution in [0.4, 0.5) is 5.82 Å². The highest BCUT2D eigenvalue weighted by molar-refractivity contribution is 7.89. The van der Waals surface area contributed by atoms with E-state index in [0.29, 0.717) is 16.7 Å². The number of benzene rings is 2. The molecule has 248 valence electrons. The number of carboxylic acid groups (broad SMARTS) is 1. The maximum atomic E-state index is 13.0. The number of ether oxygens (including phenoxy) is 2. The van der Waals surface area contributed by atoms with Gasteiger partial charge < -0.3 is 30.5 Å². The molecular weight excluding hydrogens is 674 g/mol. The summed E-state index contributed by atoms with van der Waals surface area (Å²) in [6.45, 7) is -0.490. The van der Waals surface area contributed by atoms with E-state index in [4.69, 9.17) is 26.8 Å². The summed E-state index contributed by atoms with van der Waals surface area (Å²) >= 11 is 7.09. The SMILES string of the molecule is CNS(=O)(=O)c1ccccc1-c1ccc(CC(OC[C@@H](OC)[C@@H](O)[C@@H](O)n2cnc3c(N)nc(Cl)nc32)(C(=O)O)c2cscn2)cc1. The number of hydrogen-bond donors (Lipinski definition) is 5. The number of thiazole rings is 1. The van der Waals surface area contributed by atoms with Crippen molar-refractivity contribution in [2.75, 3.05) is 26.5 Å². The minimum absolute atomic E-state index is 0.0261. The second-order valence-electron chi connectivity index (χ2n) is 10.3. The molecule has 2 aromatic carbocycles. The molecule has 0 aliphatic carbocycles. The van der Waals surface area contributed by atoms with Crippen LogP contribution in [0.3, 0.4) is 0 Å². The first-order chi connectivity index (χ1) is 22.4. The van der Waals surface area contributed by atoms with Gasteiger partial charge in [0.25, 0.3) is 0 Å². The quantitative estimate of drug-likeness (QED) is 0.105. The van der Waals surface area contributed by atoms with Gasteiger partial charge in [-0.05, 0) is 35.8 Å². The van der Waals surface area contributed by atoms with Crippen LogP contribution in [0.1, 0.15) is 17.5 Å². The highest BCUT2D eigenvalue weighted by Crippen LogP contribution is 2.34. The number of nitrogens with two attached hydrogens (primary N) is 1. The number of hydrogen-bond acceptors (Lipinski definition) is 13. The molecule has 0 aliphatic heterocycles. The van der Waals surface area contributed by atoms with Gasteiger partial charge in [-0.1, -0.05) is 42.5 Å². The lowest BCUT2D eigenvalue weighted by atomic mass is 9.90. The third kappa shape index (κ3) is 6.83. The highest BCUT2D eigenvalue weighted by Gasteiger charge is 2.45. The molecule has 0 amide bonds. The van der Waals surface area contributed by atoms with Gasteiger partial charge in [0.05, 0.1) is 29.0 Å². The Morgan fingerprint density at radius 1 is 1.15 bits per heavy atom. The minimum Gasteiger partial charge on any atom is -0.479 e. The number of methoxy groups -OCH3 is 1. The zero-order valence-corrected chi connectivity index (χ0v) is 27.3. The van der Waals surface area contributed by atoms with Crippen molar-refractivity contribution >= 4 is 55.9 Å². The monoisotopic (exact) mass is 703 g/mol. The zero-order valence-electron chi connectivity index (χ0n) is 24.9. The lowest BCUT2D eigenvalue weighted by Crippen LogP contribution is -2.46. The van der Waals surface area contributed by atoms with E-state index in [9.17, 15) is 28.5 Å². The summed E-state index contributed by atoms with van der Waals surface area (Å²) in [5.41, 5.74) is 7.18. The van der Waals surface area contributed by atoms with Crippen LogP contribution in [0.25, 0.3) is 22.3 Å². The summed E-state index contributed by atoms with van der Waals surface area (Å²) in [5.74, 6) is -1.38. The number of fused-ring (bicyclic) bond motifs is 1. The second kappa shape index (κ2) is 14.0. The molecule has 15 nitrogen and oxygen atoms in total. The Morgan fingerprint density at radius 2 is 1.87 bits per heavy atom. The van der Waals surface area contributed by atoms with Crippen molar-refractivity contribution in [2.24, 2.45) is 0 Å². The number of nitrogens with zero attached hydrogens (tertiary/aromatic N) is 5. The van der Waals surface area contributed by atoms with E-state index in [0.717, 1.165) is 4.57 Å². The number of carbonyl (C=O) groups is 1. The number of aliphatic hydroxyl groups excluding tert-OH is 2. The standard InChI is InChI=1S/C29H30ClN7O8S2/c1-32-47(42,43)20-6-4-3-5-18(20)17-9-7-16(8-10-17)11-29(27(40)41,21-13-46-15-34-21)45-12-19(44-2)23(38)26(39)37-14-33-22-24(31)35-28(30)36-25(22)37/h3-10,13-15,19,23,26,32,38-39H,11-12H2,1-2H3,(H,40,41)(H2,31,35,36)/t19-,23-,26-,29?/m1/s1. The summed E-state index contributed by atoms with van der Waals surface area (Å²) in [6.07, 6.45) is -3.59. The van der Waals surface area contributed by atoms with Crippen molar-refractivity contribution < 1.29 is 38.0 Å². The number of halogens is 1. The molecular formula is C29H30ClN7O8S2. The molecule has 0 spiro atoms. The van der Waals surface area contributed by atoms with E-state index in [2.05, 4.69) is 24.7 Å². The lowest BCUT2D eigenvalue weighted by Gasteiger charge is -2.32. The Labute approximate surface area is 277 Å². The van der Waals surface area contributed by atoms with Crippen LogP contribution >= 0.6 is 22.9 Å². The van der Waals surface area contributed by atoms with Crippen molar-refractivity contribution in [3.8, 4) is 11.1 Å². The van der Waals surface area contributed by atoms with Gasteiger partial charge in [0.2, 0.25) is 20.9 Å². The number of nitrogen functional groups attached to an aromatic ring is 1. The van der Waals surface area contributed by atoms with Crippen LogP contribution < -0.4 is 10.5 Å². The maximum absolute atomic E-state index is 13.0. The number of carboxylic acids is 1.